The van der Waals surface area contributed by atoms with E-state index in [0.717, 1.165) is 17.7 Å². The highest BCUT2D eigenvalue weighted by Gasteiger charge is 2.38. The summed E-state index contributed by atoms with van der Waals surface area (Å²) < 4.78 is 13.4. The van der Waals surface area contributed by atoms with Gasteiger partial charge in [-0.25, -0.2) is 4.39 Å². The number of aromatic hydroxyl groups is 1. The van der Waals surface area contributed by atoms with Crippen LogP contribution in [-0.4, -0.2) is 11.1 Å². The van der Waals surface area contributed by atoms with Crippen molar-refractivity contribution in [2.24, 2.45) is 0 Å². The molecule has 0 radical (unpaired) electrons. The molecule has 4 heteroatoms. The second-order valence-electron chi connectivity index (χ2n) is 6.37. The molecule has 25 heavy (non-hydrogen) atoms. The number of phenolic OH excluding ortho intramolecular Hbond substituents is 1. The van der Waals surface area contributed by atoms with Crippen molar-refractivity contribution in [2.75, 3.05) is 5.32 Å². The zero-order chi connectivity index (χ0) is 17.4. The van der Waals surface area contributed by atoms with Crippen LogP contribution in [0, 0.1) is 5.82 Å². The first-order chi connectivity index (χ1) is 12.1. The van der Waals surface area contributed by atoms with Crippen molar-refractivity contribution in [1.82, 2.24) is 0 Å². The zero-order valence-electron chi connectivity index (χ0n) is 13.4. The third kappa shape index (κ3) is 3.33. The monoisotopic (exact) mass is 353 g/mol. The maximum Gasteiger partial charge on any atom is 0.183 e. The molecule has 1 aliphatic rings. The first-order valence-corrected chi connectivity index (χ1v) is 8.59. The molecule has 0 heterocycles. The molecule has 1 aliphatic carbocycles. The van der Waals surface area contributed by atoms with Gasteiger partial charge in [-0.2, -0.15) is 0 Å². The van der Waals surface area contributed by atoms with Crippen LogP contribution in [0.5, 0.6) is 5.75 Å². The molecule has 126 valence electrons. The van der Waals surface area contributed by atoms with Gasteiger partial charge in [0.25, 0.3) is 0 Å². The Morgan fingerprint density at radius 2 is 1.68 bits per heavy atom. The first kappa shape index (κ1) is 16.0. The quantitative estimate of drug-likeness (QED) is 0.619. The second kappa shape index (κ2) is 6.41. The van der Waals surface area contributed by atoms with Crippen LogP contribution < -0.4 is 5.32 Å². The molecule has 0 saturated heterocycles. The number of hydrogen-bond donors (Lipinski definition) is 2. The van der Waals surface area contributed by atoms with E-state index in [2.05, 4.69) is 29.6 Å². The van der Waals surface area contributed by atoms with Crippen LogP contribution in [-0.2, 0) is 0 Å². The number of benzene rings is 3. The Bertz CT molecular complexity index is 873. The van der Waals surface area contributed by atoms with E-state index in [0.29, 0.717) is 17.5 Å². The minimum Gasteiger partial charge on any atom is -0.505 e. The summed E-state index contributed by atoms with van der Waals surface area (Å²) >= 11 is 5.81. The fourth-order valence-corrected chi connectivity index (χ4v) is 3.35. The summed E-state index contributed by atoms with van der Waals surface area (Å²) in [6, 6.07) is 21.7. The van der Waals surface area contributed by atoms with E-state index < -0.39 is 11.6 Å². The van der Waals surface area contributed by atoms with E-state index in [9.17, 15) is 9.50 Å². The average Bonchev–Trinajstić information content (AvgIpc) is 3.39. The molecular weight excluding hydrogens is 337 g/mol. The average molecular weight is 354 g/mol. The van der Waals surface area contributed by atoms with Crippen LogP contribution in [0.1, 0.15) is 17.9 Å². The van der Waals surface area contributed by atoms with Crippen LogP contribution >= 0.6 is 11.6 Å². The summed E-state index contributed by atoms with van der Waals surface area (Å²) in [5.74, 6) is -0.713. The molecule has 2 N–H and O–H groups in total. The summed E-state index contributed by atoms with van der Waals surface area (Å²) in [7, 11) is 0. The lowest BCUT2D eigenvalue weighted by atomic mass is 10.0. The summed E-state index contributed by atoms with van der Waals surface area (Å²) in [4.78, 5) is 0. The highest BCUT2D eigenvalue weighted by Crippen LogP contribution is 2.43. The van der Waals surface area contributed by atoms with Crippen molar-refractivity contribution >= 4 is 17.3 Å². The third-order valence-electron chi connectivity index (χ3n) is 4.60. The van der Waals surface area contributed by atoms with Crippen LogP contribution in [0.3, 0.4) is 0 Å². The summed E-state index contributed by atoms with van der Waals surface area (Å²) in [6.45, 7) is 0. The third-order valence-corrected chi connectivity index (χ3v) is 4.87. The number of rotatable bonds is 4. The molecule has 1 saturated carbocycles. The van der Waals surface area contributed by atoms with Gasteiger partial charge in [-0.05, 0) is 47.4 Å². The Morgan fingerprint density at radius 3 is 2.36 bits per heavy atom. The molecule has 0 aromatic heterocycles. The van der Waals surface area contributed by atoms with E-state index in [1.54, 1.807) is 0 Å². The molecule has 3 aromatic carbocycles. The predicted molar refractivity (Wildman–Crippen MR) is 99.7 cm³/mol. The van der Waals surface area contributed by atoms with Crippen molar-refractivity contribution < 1.29 is 9.50 Å². The lowest BCUT2D eigenvalue weighted by Gasteiger charge is -2.08. The standard InChI is InChI=1S/C21H17ClFNO/c22-18-10-15(11-20(25)21(18)23)13-6-8-14(9-7-13)17-12-19(17)24-16-4-2-1-3-5-16/h1-11,17,19,24-25H,12H2/t17-,19+/m0/s1. The molecule has 4 rings (SSSR count). The van der Waals surface area contributed by atoms with Crippen molar-refractivity contribution in [3.8, 4) is 16.9 Å². The Kier molecular flexibility index (Phi) is 4.10. The summed E-state index contributed by atoms with van der Waals surface area (Å²) in [6.07, 6.45) is 1.11. The fraction of sp³-hybridized carbons (Fsp3) is 0.143. The highest BCUT2D eigenvalue weighted by molar-refractivity contribution is 6.31. The van der Waals surface area contributed by atoms with Crippen LogP contribution in [0.25, 0.3) is 11.1 Å². The molecule has 2 atom stereocenters. The molecule has 1 fully saturated rings. The molecule has 3 aromatic rings. The lowest BCUT2D eigenvalue weighted by molar-refractivity contribution is 0.433. The largest absolute Gasteiger partial charge is 0.505 e. The van der Waals surface area contributed by atoms with Crippen molar-refractivity contribution in [2.45, 2.75) is 18.4 Å². The lowest BCUT2D eigenvalue weighted by Crippen LogP contribution is -2.03. The minimum absolute atomic E-state index is 0.0756. The highest BCUT2D eigenvalue weighted by atomic mass is 35.5. The summed E-state index contributed by atoms with van der Waals surface area (Å²) in [5, 5.41) is 13.1. The molecular formula is C21H17ClFNO. The van der Waals surface area contributed by atoms with Gasteiger partial charge in [0, 0.05) is 17.6 Å². The van der Waals surface area contributed by atoms with Gasteiger partial charge in [-0.1, -0.05) is 54.1 Å². The predicted octanol–water partition coefficient (Wildman–Crippen LogP) is 5.82. The maximum atomic E-state index is 13.4. The molecule has 2 nitrogen and oxygen atoms in total. The molecule has 0 spiro atoms. The van der Waals surface area contributed by atoms with E-state index in [1.165, 1.54) is 17.7 Å². The van der Waals surface area contributed by atoms with Gasteiger partial charge in [-0.3, -0.25) is 0 Å². The number of phenols is 1. The van der Waals surface area contributed by atoms with E-state index in [-0.39, 0.29) is 5.02 Å². The van der Waals surface area contributed by atoms with Crippen molar-refractivity contribution in [1.29, 1.82) is 0 Å². The Hall–Kier alpha value is -2.52. The van der Waals surface area contributed by atoms with Gasteiger partial charge in [0.15, 0.2) is 11.6 Å². The van der Waals surface area contributed by atoms with E-state index in [4.69, 9.17) is 11.6 Å². The number of para-hydroxylation sites is 1. The Labute approximate surface area is 150 Å². The molecule has 0 bridgehead atoms. The second-order valence-corrected chi connectivity index (χ2v) is 6.78. The molecule has 0 aliphatic heterocycles. The van der Waals surface area contributed by atoms with Gasteiger partial charge in [0.2, 0.25) is 0 Å². The topological polar surface area (TPSA) is 32.3 Å². The van der Waals surface area contributed by atoms with Crippen LogP contribution in [0.4, 0.5) is 10.1 Å². The number of halogens is 2. The Morgan fingerprint density at radius 1 is 0.960 bits per heavy atom. The fourth-order valence-electron chi connectivity index (χ4n) is 3.14. The van der Waals surface area contributed by atoms with Crippen LogP contribution in [0.15, 0.2) is 66.7 Å². The van der Waals surface area contributed by atoms with E-state index >= 15 is 0 Å². The van der Waals surface area contributed by atoms with Gasteiger partial charge in [0.05, 0.1) is 5.02 Å². The van der Waals surface area contributed by atoms with E-state index in [1.807, 2.05) is 30.3 Å². The number of hydrogen-bond acceptors (Lipinski definition) is 2. The number of nitrogens with one attached hydrogen (secondary N) is 1. The van der Waals surface area contributed by atoms with Crippen LogP contribution in [0.2, 0.25) is 5.02 Å². The first-order valence-electron chi connectivity index (χ1n) is 8.22. The SMILES string of the molecule is Oc1cc(-c2ccc([C@@H]3C[C@H]3Nc3ccccc3)cc2)cc(Cl)c1F. The van der Waals surface area contributed by atoms with Crippen molar-refractivity contribution in [3.05, 3.63) is 83.1 Å². The zero-order valence-corrected chi connectivity index (χ0v) is 14.2. The van der Waals surface area contributed by atoms with Crippen molar-refractivity contribution in [3.63, 3.8) is 0 Å². The summed E-state index contributed by atoms with van der Waals surface area (Å²) in [5.41, 5.74) is 4.01. The maximum absolute atomic E-state index is 13.4. The van der Waals surface area contributed by atoms with Gasteiger partial charge >= 0.3 is 0 Å². The molecule has 0 unspecified atom stereocenters. The van der Waals surface area contributed by atoms with Gasteiger partial charge < -0.3 is 10.4 Å². The number of anilines is 1. The normalized spacial score (nSPS) is 18.8. The molecule has 0 amide bonds. The van der Waals surface area contributed by atoms with Gasteiger partial charge in [-0.15, -0.1) is 0 Å². The smallest absolute Gasteiger partial charge is 0.183 e. The Balaban J connectivity index is 1.48. The minimum atomic E-state index is -0.783. The van der Waals surface area contributed by atoms with Gasteiger partial charge in [0.1, 0.15) is 0 Å².